The van der Waals surface area contributed by atoms with E-state index >= 15 is 0 Å². The summed E-state index contributed by atoms with van der Waals surface area (Å²) >= 11 is 0. The number of carbonyl (C=O) groups is 1. The maximum absolute atomic E-state index is 11.6. The second-order valence-electron chi connectivity index (χ2n) is 3.63. The Hall–Kier alpha value is -1.32. The third kappa shape index (κ3) is 2.37. The number of hydrogen-bond donors (Lipinski definition) is 0. The summed E-state index contributed by atoms with van der Waals surface area (Å²) in [6.07, 6.45) is 1.59. The van der Waals surface area contributed by atoms with E-state index in [0.29, 0.717) is 12.2 Å². The lowest BCUT2D eigenvalue weighted by Crippen LogP contribution is -2.11. The van der Waals surface area contributed by atoms with Crippen LogP contribution in [0.25, 0.3) is 0 Å². The summed E-state index contributed by atoms with van der Waals surface area (Å²) < 4.78 is 6.83. The molecule has 0 bridgehead atoms. The Morgan fingerprint density at radius 1 is 1.53 bits per heavy atom. The van der Waals surface area contributed by atoms with Crippen LogP contribution >= 0.6 is 0 Å². The van der Waals surface area contributed by atoms with E-state index in [2.05, 4.69) is 5.10 Å². The van der Waals surface area contributed by atoms with Crippen molar-refractivity contribution in [2.75, 3.05) is 6.61 Å². The predicted octanol–water partition coefficient (Wildman–Crippen LogP) is 2.20. The number of nitrogens with zero attached hydrogens (tertiary/aromatic N) is 2. The molecule has 0 aliphatic carbocycles. The minimum absolute atomic E-state index is 0.270. The van der Waals surface area contributed by atoms with Crippen molar-refractivity contribution in [3.05, 3.63) is 17.5 Å². The normalized spacial score (nSPS) is 10.7. The molecule has 0 aliphatic rings. The van der Waals surface area contributed by atoms with Gasteiger partial charge < -0.3 is 4.74 Å². The van der Waals surface area contributed by atoms with Crippen LogP contribution in [0.2, 0.25) is 0 Å². The van der Waals surface area contributed by atoms with Gasteiger partial charge in [0, 0.05) is 6.54 Å². The Balaban J connectivity index is 3.07. The SMILES string of the molecule is CCOC(=O)c1cnn(CC)c1C(C)C. The van der Waals surface area contributed by atoms with Crippen LogP contribution in [0.4, 0.5) is 0 Å². The van der Waals surface area contributed by atoms with Crippen molar-refractivity contribution in [1.29, 1.82) is 0 Å². The predicted molar refractivity (Wildman–Crippen MR) is 57.9 cm³/mol. The monoisotopic (exact) mass is 210 g/mol. The quantitative estimate of drug-likeness (QED) is 0.715. The molecule has 4 heteroatoms. The van der Waals surface area contributed by atoms with Crippen molar-refractivity contribution < 1.29 is 9.53 Å². The van der Waals surface area contributed by atoms with Gasteiger partial charge in [-0.2, -0.15) is 5.10 Å². The van der Waals surface area contributed by atoms with E-state index in [4.69, 9.17) is 4.74 Å². The van der Waals surface area contributed by atoms with Crippen LogP contribution in [0.3, 0.4) is 0 Å². The van der Waals surface area contributed by atoms with Gasteiger partial charge in [-0.1, -0.05) is 13.8 Å². The van der Waals surface area contributed by atoms with E-state index in [0.717, 1.165) is 12.2 Å². The van der Waals surface area contributed by atoms with E-state index in [1.807, 2.05) is 25.5 Å². The van der Waals surface area contributed by atoms with Gasteiger partial charge >= 0.3 is 5.97 Å². The summed E-state index contributed by atoms with van der Waals surface area (Å²) in [7, 11) is 0. The van der Waals surface area contributed by atoms with E-state index < -0.39 is 0 Å². The van der Waals surface area contributed by atoms with Gasteiger partial charge in [-0.05, 0) is 19.8 Å². The lowest BCUT2D eigenvalue weighted by Gasteiger charge is -2.10. The van der Waals surface area contributed by atoms with Gasteiger partial charge in [-0.3, -0.25) is 4.68 Å². The standard InChI is InChI=1S/C11H18N2O2/c1-5-13-10(8(3)4)9(7-12-13)11(14)15-6-2/h7-8H,5-6H2,1-4H3. The van der Waals surface area contributed by atoms with Crippen LogP contribution in [0.15, 0.2) is 6.20 Å². The summed E-state index contributed by atoms with van der Waals surface area (Å²) in [4.78, 5) is 11.6. The molecule has 1 aromatic rings. The first-order chi connectivity index (χ1) is 7.11. The average Bonchev–Trinajstić information content (AvgIpc) is 2.61. The highest BCUT2D eigenvalue weighted by Gasteiger charge is 2.19. The molecular weight excluding hydrogens is 192 g/mol. The minimum atomic E-state index is -0.277. The van der Waals surface area contributed by atoms with Crippen molar-refractivity contribution in [2.24, 2.45) is 0 Å². The van der Waals surface area contributed by atoms with E-state index in [1.165, 1.54) is 0 Å². The third-order valence-corrected chi connectivity index (χ3v) is 2.22. The van der Waals surface area contributed by atoms with Gasteiger partial charge in [0.1, 0.15) is 5.56 Å². The average molecular weight is 210 g/mol. The summed E-state index contributed by atoms with van der Waals surface area (Å²) in [5.74, 6) is -0.00671. The zero-order valence-corrected chi connectivity index (χ0v) is 9.78. The zero-order chi connectivity index (χ0) is 11.4. The molecule has 84 valence electrons. The number of hydrogen-bond acceptors (Lipinski definition) is 3. The van der Waals surface area contributed by atoms with Crippen molar-refractivity contribution in [1.82, 2.24) is 9.78 Å². The van der Waals surface area contributed by atoms with Gasteiger partial charge in [0.05, 0.1) is 18.5 Å². The van der Waals surface area contributed by atoms with E-state index in [9.17, 15) is 4.79 Å². The molecule has 15 heavy (non-hydrogen) atoms. The van der Waals surface area contributed by atoms with Crippen LogP contribution in [0.5, 0.6) is 0 Å². The molecule has 1 rings (SSSR count). The Morgan fingerprint density at radius 3 is 2.67 bits per heavy atom. The summed E-state index contributed by atoms with van der Waals surface area (Å²) in [6, 6.07) is 0. The van der Waals surface area contributed by atoms with Crippen molar-refractivity contribution in [3.8, 4) is 0 Å². The number of ether oxygens (including phenoxy) is 1. The van der Waals surface area contributed by atoms with E-state index in [-0.39, 0.29) is 11.9 Å². The molecule has 0 aromatic carbocycles. The molecular formula is C11H18N2O2. The van der Waals surface area contributed by atoms with Gasteiger partial charge in [-0.25, -0.2) is 4.79 Å². The number of esters is 1. The molecule has 0 saturated carbocycles. The lowest BCUT2D eigenvalue weighted by atomic mass is 10.1. The molecule has 0 radical (unpaired) electrons. The number of rotatable bonds is 4. The first-order valence-corrected chi connectivity index (χ1v) is 5.34. The molecule has 1 aromatic heterocycles. The number of aryl methyl sites for hydroxylation is 1. The summed E-state index contributed by atoms with van der Waals surface area (Å²) in [6.45, 7) is 9.07. The molecule has 0 unspecified atom stereocenters. The highest BCUT2D eigenvalue weighted by atomic mass is 16.5. The van der Waals surface area contributed by atoms with E-state index in [1.54, 1.807) is 13.1 Å². The number of carbonyl (C=O) groups excluding carboxylic acids is 1. The van der Waals surface area contributed by atoms with Gasteiger partial charge in [-0.15, -0.1) is 0 Å². The fourth-order valence-electron chi connectivity index (χ4n) is 1.62. The largest absolute Gasteiger partial charge is 0.462 e. The maximum Gasteiger partial charge on any atom is 0.341 e. The molecule has 4 nitrogen and oxygen atoms in total. The molecule has 1 heterocycles. The van der Waals surface area contributed by atoms with Crippen molar-refractivity contribution in [2.45, 2.75) is 40.2 Å². The Labute approximate surface area is 90.2 Å². The lowest BCUT2D eigenvalue weighted by molar-refractivity contribution is 0.0524. The highest BCUT2D eigenvalue weighted by Crippen LogP contribution is 2.20. The van der Waals surface area contributed by atoms with Crippen LogP contribution in [-0.4, -0.2) is 22.4 Å². The summed E-state index contributed by atoms with van der Waals surface area (Å²) in [5, 5.41) is 4.18. The smallest absolute Gasteiger partial charge is 0.341 e. The molecule has 0 saturated heterocycles. The van der Waals surface area contributed by atoms with Crippen LogP contribution < -0.4 is 0 Å². The minimum Gasteiger partial charge on any atom is -0.462 e. The number of aromatic nitrogens is 2. The Kier molecular flexibility index (Phi) is 3.88. The van der Waals surface area contributed by atoms with Crippen LogP contribution in [0, 0.1) is 0 Å². The Morgan fingerprint density at radius 2 is 2.20 bits per heavy atom. The van der Waals surface area contributed by atoms with Gasteiger partial charge in [0.2, 0.25) is 0 Å². The second-order valence-corrected chi connectivity index (χ2v) is 3.63. The first-order valence-electron chi connectivity index (χ1n) is 5.34. The summed E-state index contributed by atoms with van der Waals surface area (Å²) in [5.41, 5.74) is 1.55. The molecule has 0 amide bonds. The molecule has 0 N–H and O–H groups in total. The second kappa shape index (κ2) is 4.96. The fourth-order valence-corrected chi connectivity index (χ4v) is 1.62. The molecule has 0 atom stereocenters. The zero-order valence-electron chi connectivity index (χ0n) is 9.78. The van der Waals surface area contributed by atoms with Gasteiger partial charge in [0.25, 0.3) is 0 Å². The van der Waals surface area contributed by atoms with Gasteiger partial charge in [0.15, 0.2) is 0 Å². The topological polar surface area (TPSA) is 44.1 Å². The molecule has 0 aliphatic heterocycles. The molecule has 0 spiro atoms. The first kappa shape index (κ1) is 11.8. The van der Waals surface area contributed by atoms with Crippen LogP contribution in [0.1, 0.15) is 49.7 Å². The maximum atomic E-state index is 11.6. The fraction of sp³-hybridized carbons (Fsp3) is 0.636. The van der Waals surface area contributed by atoms with Crippen molar-refractivity contribution >= 4 is 5.97 Å². The van der Waals surface area contributed by atoms with Crippen LogP contribution in [-0.2, 0) is 11.3 Å². The Bertz CT molecular complexity index is 342. The van der Waals surface area contributed by atoms with Crippen molar-refractivity contribution in [3.63, 3.8) is 0 Å². The molecule has 0 fully saturated rings. The third-order valence-electron chi connectivity index (χ3n) is 2.22. The highest BCUT2D eigenvalue weighted by molar-refractivity contribution is 5.90.